The van der Waals surface area contributed by atoms with E-state index in [9.17, 15) is 14.9 Å². The van der Waals surface area contributed by atoms with E-state index < -0.39 is 0 Å². The SMILES string of the molecule is CC1(C)OB(c2ccc(N(c3ccccc3)c3ccc(C=O)cc3)cc2)OC1(C)C.N#Cc1ccc(-c2ccc(N(c3ccccc3)c3ccc(C=O)cc3)cc2)cc1C#N.N#Cc1ccc(I)cc1C#N. The summed E-state index contributed by atoms with van der Waals surface area (Å²) in [5.74, 6) is 0. The van der Waals surface area contributed by atoms with Gasteiger partial charge < -0.3 is 19.1 Å². The van der Waals surface area contributed by atoms with E-state index in [1.54, 1.807) is 42.5 Å². The van der Waals surface area contributed by atoms with Crippen LogP contribution in [0.5, 0.6) is 0 Å². The molecule has 12 heteroatoms. The minimum absolute atomic E-state index is 0.366. The maximum Gasteiger partial charge on any atom is 0.494 e. The number of carbonyl (C=O) groups is 2. The summed E-state index contributed by atoms with van der Waals surface area (Å²) in [5.41, 5.74) is 10.9. The fourth-order valence-corrected chi connectivity index (χ4v) is 8.13. The number of para-hydroxylation sites is 2. The zero-order valence-corrected chi connectivity index (χ0v) is 42.1. The summed E-state index contributed by atoms with van der Waals surface area (Å²) < 4.78 is 13.3. The number of anilines is 6. The van der Waals surface area contributed by atoms with Crippen molar-refractivity contribution in [2.75, 3.05) is 9.80 Å². The fourth-order valence-electron chi connectivity index (χ4n) is 7.64. The lowest BCUT2D eigenvalue weighted by atomic mass is 9.79. The third-order valence-corrected chi connectivity index (χ3v) is 12.9. The van der Waals surface area contributed by atoms with Crippen molar-refractivity contribution in [3.8, 4) is 35.4 Å². The molecule has 0 spiro atoms. The van der Waals surface area contributed by atoms with Gasteiger partial charge in [-0.3, -0.25) is 9.59 Å². The molecule has 8 aromatic carbocycles. The first kappa shape index (κ1) is 51.2. The summed E-state index contributed by atoms with van der Waals surface area (Å²) in [7, 11) is -0.388. The molecule has 1 aliphatic rings. The van der Waals surface area contributed by atoms with Crippen LogP contribution in [0, 0.1) is 48.9 Å². The second kappa shape index (κ2) is 23.3. The quantitative estimate of drug-likeness (QED) is 0.0734. The van der Waals surface area contributed by atoms with E-state index >= 15 is 0 Å². The van der Waals surface area contributed by atoms with Crippen LogP contribution in [0.15, 0.2) is 194 Å². The van der Waals surface area contributed by atoms with Gasteiger partial charge in [0.25, 0.3) is 0 Å². The molecule has 10 nitrogen and oxygen atoms in total. The van der Waals surface area contributed by atoms with Crippen molar-refractivity contribution in [1.29, 1.82) is 21.0 Å². The molecule has 0 atom stereocenters. The normalized spacial score (nSPS) is 12.7. The molecule has 0 amide bonds. The average Bonchev–Trinajstić information content (AvgIpc) is 3.65. The zero-order chi connectivity index (χ0) is 51.3. The van der Waals surface area contributed by atoms with Crippen LogP contribution >= 0.6 is 22.6 Å². The number of nitriles is 4. The second-order valence-electron chi connectivity index (χ2n) is 17.4. The van der Waals surface area contributed by atoms with Crippen molar-refractivity contribution >= 4 is 81.9 Å². The monoisotopic (exact) mass is 1050 g/mol. The smallest absolute Gasteiger partial charge is 0.399 e. The molecule has 0 aromatic heterocycles. The molecular weight excluding hydrogens is 1010 g/mol. The first-order chi connectivity index (χ1) is 34.8. The highest BCUT2D eigenvalue weighted by Crippen LogP contribution is 2.39. The molecule has 1 saturated heterocycles. The lowest BCUT2D eigenvalue weighted by Crippen LogP contribution is -2.41. The van der Waals surface area contributed by atoms with E-state index in [0.29, 0.717) is 33.4 Å². The van der Waals surface area contributed by atoms with Crippen LogP contribution in [0.2, 0.25) is 0 Å². The number of carbonyl (C=O) groups excluding carboxylic acids is 2. The Morgan fingerprint density at radius 3 is 1.18 bits per heavy atom. The molecule has 1 aliphatic heterocycles. The van der Waals surface area contributed by atoms with E-state index in [0.717, 1.165) is 66.9 Å². The molecule has 0 radical (unpaired) electrons. The summed E-state index contributed by atoms with van der Waals surface area (Å²) in [6.07, 6.45) is 1.69. The van der Waals surface area contributed by atoms with Gasteiger partial charge in [-0.15, -0.1) is 0 Å². The van der Waals surface area contributed by atoms with Crippen molar-refractivity contribution in [2.45, 2.75) is 38.9 Å². The Hall–Kier alpha value is -8.63. The van der Waals surface area contributed by atoms with E-state index in [1.165, 1.54) is 0 Å². The Kier molecular flexibility index (Phi) is 16.6. The number of benzene rings is 8. The van der Waals surface area contributed by atoms with Crippen molar-refractivity contribution in [1.82, 2.24) is 0 Å². The summed E-state index contributed by atoms with van der Waals surface area (Å²) >= 11 is 2.10. The van der Waals surface area contributed by atoms with Gasteiger partial charge in [0.05, 0.1) is 33.5 Å². The predicted molar refractivity (Wildman–Crippen MR) is 292 cm³/mol. The molecule has 72 heavy (non-hydrogen) atoms. The lowest BCUT2D eigenvalue weighted by Gasteiger charge is -2.32. The standard InChI is InChI=1S/C27H17N3O.C25H26BNO3.C8H3IN2/c28-17-23-9-8-22(16-24(23)18-29)21-10-14-27(15-11-21)30(25-4-2-1-3-5-25)26-12-6-20(19-31)7-13-26;1-24(2)25(3,4)30-26(29-24)20-12-16-23(17-13-20)27(21-8-6-5-7-9-21)22-14-10-19(18-28)11-15-22;9-8-2-1-6(4-10)7(3-8)5-11/h1-16,19H;5-18H,1-4H3;1-3H. The van der Waals surface area contributed by atoms with Crippen LogP contribution in [-0.4, -0.2) is 30.9 Å². The van der Waals surface area contributed by atoms with Gasteiger partial charge >= 0.3 is 7.12 Å². The molecular formula is C60H46BIN6O4. The topological polar surface area (TPSA) is 154 Å². The van der Waals surface area contributed by atoms with Crippen molar-refractivity contribution in [2.24, 2.45) is 0 Å². The molecule has 9 rings (SSSR count). The highest BCUT2D eigenvalue weighted by molar-refractivity contribution is 14.1. The lowest BCUT2D eigenvalue weighted by molar-refractivity contribution is 0.00578. The highest BCUT2D eigenvalue weighted by atomic mass is 127. The molecule has 0 saturated carbocycles. The molecule has 0 unspecified atom stereocenters. The van der Waals surface area contributed by atoms with Crippen LogP contribution in [-0.2, 0) is 9.31 Å². The van der Waals surface area contributed by atoms with Crippen LogP contribution < -0.4 is 15.3 Å². The molecule has 8 aromatic rings. The van der Waals surface area contributed by atoms with Crippen LogP contribution in [0.25, 0.3) is 11.1 Å². The Morgan fingerprint density at radius 2 is 0.778 bits per heavy atom. The number of hydrogen-bond acceptors (Lipinski definition) is 10. The second-order valence-corrected chi connectivity index (χ2v) is 18.6. The average molecular weight is 1050 g/mol. The van der Waals surface area contributed by atoms with Crippen molar-refractivity contribution in [3.05, 3.63) is 231 Å². The first-order valence-corrected chi connectivity index (χ1v) is 23.8. The van der Waals surface area contributed by atoms with Gasteiger partial charge in [-0.25, -0.2) is 0 Å². The van der Waals surface area contributed by atoms with Gasteiger partial charge in [0.15, 0.2) is 0 Å². The Bertz CT molecular complexity index is 3330. The summed E-state index contributed by atoms with van der Waals surface area (Å²) in [4.78, 5) is 26.3. The predicted octanol–water partition coefficient (Wildman–Crippen LogP) is 13.7. The largest absolute Gasteiger partial charge is 0.494 e. The van der Waals surface area contributed by atoms with E-state index in [4.69, 9.17) is 25.1 Å². The maximum atomic E-state index is 11.0. The molecule has 1 fully saturated rings. The van der Waals surface area contributed by atoms with Gasteiger partial charge in [0.2, 0.25) is 0 Å². The third-order valence-electron chi connectivity index (χ3n) is 12.2. The van der Waals surface area contributed by atoms with Crippen molar-refractivity contribution in [3.63, 3.8) is 0 Å². The van der Waals surface area contributed by atoms with Crippen LogP contribution in [0.3, 0.4) is 0 Å². The summed E-state index contributed by atoms with van der Waals surface area (Å²) in [5, 5.41) is 35.5. The molecule has 1 heterocycles. The van der Waals surface area contributed by atoms with Crippen LogP contribution in [0.1, 0.15) is 70.7 Å². The fraction of sp³-hybridized carbons (Fsp3) is 0.100. The van der Waals surface area contributed by atoms with Gasteiger partial charge in [0, 0.05) is 48.8 Å². The first-order valence-electron chi connectivity index (χ1n) is 22.7. The summed E-state index contributed by atoms with van der Waals surface area (Å²) in [6, 6.07) is 69.9. The minimum Gasteiger partial charge on any atom is -0.399 e. The summed E-state index contributed by atoms with van der Waals surface area (Å²) in [6.45, 7) is 8.23. The van der Waals surface area contributed by atoms with Gasteiger partial charge in [-0.05, 0) is 194 Å². The Labute approximate surface area is 434 Å². The maximum absolute atomic E-state index is 11.0. The number of rotatable bonds is 10. The number of aldehydes is 2. The highest BCUT2D eigenvalue weighted by Gasteiger charge is 2.51. The number of halogens is 1. The molecule has 0 aliphatic carbocycles. The van der Waals surface area contributed by atoms with E-state index in [2.05, 4.69) is 90.4 Å². The molecule has 0 N–H and O–H groups in total. The molecule has 0 bridgehead atoms. The third kappa shape index (κ3) is 12.0. The van der Waals surface area contributed by atoms with Gasteiger partial charge in [0.1, 0.15) is 36.8 Å². The molecule has 350 valence electrons. The van der Waals surface area contributed by atoms with E-state index in [-0.39, 0.29) is 18.3 Å². The number of hydrogen-bond donors (Lipinski definition) is 0. The zero-order valence-electron chi connectivity index (χ0n) is 39.9. The van der Waals surface area contributed by atoms with Crippen LogP contribution in [0.4, 0.5) is 34.1 Å². The Balaban J connectivity index is 0.000000175. The van der Waals surface area contributed by atoms with Gasteiger partial charge in [-0.1, -0.05) is 66.7 Å². The van der Waals surface area contributed by atoms with Gasteiger partial charge in [-0.2, -0.15) is 21.0 Å². The van der Waals surface area contributed by atoms with Crippen molar-refractivity contribution < 1.29 is 18.9 Å². The minimum atomic E-state index is -0.388. The number of nitrogens with zero attached hydrogens (tertiary/aromatic N) is 6. The van der Waals surface area contributed by atoms with E-state index in [1.807, 2.05) is 146 Å². The Morgan fingerprint density at radius 1 is 0.431 bits per heavy atom.